The molecule has 0 bridgehead atoms. The lowest BCUT2D eigenvalue weighted by Gasteiger charge is -2.38. The normalized spacial score (nSPS) is 19.1. The van der Waals surface area contributed by atoms with Gasteiger partial charge in [0.1, 0.15) is 23.1 Å². The highest BCUT2D eigenvalue weighted by Crippen LogP contribution is 2.27. The molecule has 54 heavy (non-hydrogen) atoms. The number of amides is 4. The van der Waals surface area contributed by atoms with Gasteiger partial charge >= 0.3 is 0 Å². The predicted molar refractivity (Wildman–Crippen MR) is 205 cm³/mol. The fourth-order valence-corrected chi connectivity index (χ4v) is 7.75. The summed E-state index contributed by atoms with van der Waals surface area (Å²) in [6.45, 7) is 5.84. The first-order valence-electron chi connectivity index (χ1n) is 18.5. The minimum Gasteiger partial charge on any atom is -0.374 e. The summed E-state index contributed by atoms with van der Waals surface area (Å²) < 4.78 is 3.69. The van der Waals surface area contributed by atoms with E-state index in [9.17, 15) is 19.2 Å². The molecule has 278 valence electrons. The van der Waals surface area contributed by atoms with E-state index in [1.807, 2.05) is 42.0 Å². The lowest BCUT2D eigenvalue weighted by atomic mass is 10.0. The number of piperidine rings is 2. The molecule has 14 heteroatoms. The van der Waals surface area contributed by atoms with Crippen LogP contribution in [-0.4, -0.2) is 86.6 Å². The zero-order chi connectivity index (χ0) is 37.3. The van der Waals surface area contributed by atoms with Crippen molar-refractivity contribution in [3.63, 3.8) is 0 Å². The van der Waals surface area contributed by atoms with Crippen molar-refractivity contribution in [1.82, 2.24) is 34.9 Å². The predicted octanol–water partition coefficient (Wildman–Crippen LogP) is 4.16. The van der Waals surface area contributed by atoms with Gasteiger partial charge in [-0.3, -0.25) is 34.1 Å². The van der Waals surface area contributed by atoms with Crippen LogP contribution in [0.1, 0.15) is 70.8 Å². The Morgan fingerprint density at radius 3 is 2.57 bits per heavy atom. The fraction of sp³-hybridized carbons (Fsp3) is 0.350. The zero-order valence-corrected chi connectivity index (χ0v) is 30.4. The largest absolute Gasteiger partial charge is 0.374 e. The van der Waals surface area contributed by atoms with E-state index in [0.29, 0.717) is 49.0 Å². The number of anilines is 3. The van der Waals surface area contributed by atoms with Crippen molar-refractivity contribution in [2.45, 2.75) is 63.8 Å². The molecule has 6 heterocycles. The summed E-state index contributed by atoms with van der Waals surface area (Å²) in [7, 11) is 2.18. The molecule has 3 aromatic heterocycles. The smallest absolute Gasteiger partial charge is 0.274 e. The molecule has 8 rings (SSSR count). The van der Waals surface area contributed by atoms with Crippen molar-refractivity contribution in [3.05, 3.63) is 102 Å². The number of benzene rings is 2. The lowest BCUT2D eigenvalue weighted by Crippen LogP contribution is -2.47. The number of rotatable bonds is 10. The number of aromatic nitrogens is 4. The van der Waals surface area contributed by atoms with Crippen molar-refractivity contribution in [2.24, 2.45) is 0 Å². The zero-order valence-electron chi connectivity index (χ0n) is 30.4. The third kappa shape index (κ3) is 7.42. The number of fused-ring (bicyclic) bond motifs is 3. The Morgan fingerprint density at radius 1 is 0.963 bits per heavy atom. The minimum atomic E-state index is -0.396. The van der Waals surface area contributed by atoms with Gasteiger partial charge in [-0.05, 0) is 86.8 Å². The van der Waals surface area contributed by atoms with E-state index in [1.54, 1.807) is 16.9 Å². The second kappa shape index (κ2) is 14.8. The van der Waals surface area contributed by atoms with Crippen LogP contribution in [0, 0.1) is 0 Å². The van der Waals surface area contributed by atoms with Gasteiger partial charge in [0.15, 0.2) is 0 Å². The van der Waals surface area contributed by atoms with Gasteiger partial charge in [0.25, 0.3) is 11.8 Å². The molecule has 4 N–H and O–H groups in total. The van der Waals surface area contributed by atoms with E-state index in [1.165, 1.54) is 11.3 Å². The first kappa shape index (κ1) is 35.0. The molecular formula is C40H44N10O4. The molecule has 2 saturated heterocycles. The van der Waals surface area contributed by atoms with Crippen LogP contribution in [0.5, 0.6) is 0 Å². The second-order valence-corrected chi connectivity index (χ2v) is 14.6. The lowest BCUT2D eigenvalue weighted by molar-refractivity contribution is -0.133. The minimum absolute atomic E-state index is 0.0358. The Morgan fingerprint density at radius 2 is 1.78 bits per heavy atom. The Hall–Kier alpha value is -6.02. The number of imide groups is 1. The molecule has 2 atom stereocenters. The Bertz CT molecular complexity index is 2220. The molecule has 4 amide bonds. The van der Waals surface area contributed by atoms with Crippen molar-refractivity contribution >= 4 is 51.7 Å². The second-order valence-electron chi connectivity index (χ2n) is 14.6. The molecule has 1 unspecified atom stereocenters. The van der Waals surface area contributed by atoms with Gasteiger partial charge in [0.2, 0.25) is 11.8 Å². The fourth-order valence-electron chi connectivity index (χ4n) is 7.75. The number of hydrogen-bond donors (Lipinski definition) is 4. The third-order valence-electron chi connectivity index (χ3n) is 10.7. The summed E-state index contributed by atoms with van der Waals surface area (Å²) >= 11 is 0. The number of hydrogen-bond acceptors (Lipinski definition) is 9. The van der Waals surface area contributed by atoms with Gasteiger partial charge in [0, 0.05) is 61.6 Å². The summed E-state index contributed by atoms with van der Waals surface area (Å²) in [6.07, 6.45) is 6.40. The van der Waals surface area contributed by atoms with Gasteiger partial charge in [-0.25, -0.2) is 4.98 Å². The first-order chi connectivity index (χ1) is 26.2. The van der Waals surface area contributed by atoms with Crippen LogP contribution in [0.25, 0.3) is 11.0 Å². The maximum Gasteiger partial charge on any atom is 0.274 e. The summed E-state index contributed by atoms with van der Waals surface area (Å²) in [4.78, 5) is 58.7. The highest BCUT2D eigenvalue weighted by atomic mass is 16.2. The molecule has 3 aliphatic rings. The molecule has 2 aromatic carbocycles. The van der Waals surface area contributed by atoms with Crippen LogP contribution >= 0.6 is 0 Å². The van der Waals surface area contributed by atoms with Crippen molar-refractivity contribution in [1.29, 1.82) is 0 Å². The van der Waals surface area contributed by atoms with Crippen molar-refractivity contribution in [3.8, 4) is 0 Å². The van der Waals surface area contributed by atoms with Crippen LogP contribution < -0.4 is 26.2 Å². The molecule has 5 aromatic rings. The summed E-state index contributed by atoms with van der Waals surface area (Å²) in [5.41, 5.74) is 6.39. The number of nitrogens with zero attached hydrogens (tertiary/aromatic N) is 6. The van der Waals surface area contributed by atoms with Gasteiger partial charge < -0.3 is 25.4 Å². The maximum atomic E-state index is 13.2. The number of nitrogens with one attached hydrogen (secondary N) is 4. The Kier molecular flexibility index (Phi) is 9.59. The molecule has 3 aliphatic heterocycles. The molecule has 0 aliphatic carbocycles. The van der Waals surface area contributed by atoms with Gasteiger partial charge in [-0.15, -0.1) is 0 Å². The van der Waals surface area contributed by atoms with E-state index >= 15 is 0 Å². The number of pyridine rings is 1. The van der Waals surface area contributed by atoms with E-state index in [-0.39, 0.29) is 35.4 Å². The third-order valence-corrected chi connectivity index (χ3v) is 10.7. The van der Waals surface area contributed by atoms with Crippen LogP contribution in [-0.2, 0) is 22.7 Å². The average Bonchev–Trinajstić information content (AvgIpc) is 3.79. The summed E-state index contributed by atoms with van der Waals surface area (Å²) in [5, 5.41) is 16.8. The quantitative estimate of drug-likeness (QED) is 0.155. The first-order valence-corrected chi connectivity index (χ1v) is 18.5. The van der Waals surface area contributed by atoms with Crippen LogP contribution in [0.3, 0.4) is 0 Å². The average molecular weight is 729 g/mol. The molecule has 0 radical (unpaired) electrons. The molecule has 0 spiro atoms. The summed E-state index contributed by atoms with van der Waals surface area (Å²) in [6, 6.07) is 22.2. The topological polar surface area (TPSA) is 159 Å². The Labute approximate surface area is 312 Å². The van der Waals surface area contributed by atoms with E-state index in [2.05, 4.69) is 84.6 Å². The summed E-state index contributed by atoms with van der Waals surface area (Å²) in [5.74, 6) is -0.953. The van der Waals surface area contributed by atoms with E-state index in [0.717, 1.165) is 49.1 Å². The van der Waals surface area contributed by atoms with Gasteiger partial charge in [0.05, 0.1) is 24.5 Å². The van der Waals surface area contributed by atoms with Crippen LogP contribution in [0.15, 0.2) is 79.1 Å². The molecule has 14 nitrogen and oxygen atoms in total. The van der Waals surface area contributed by atoms with Crippen molar-refractivity contribution in [2.75, 3.05) is 42.2 Å². The molecular weight excluding hydrogens is 685 g/mol. The van der Waals surface area contributed by atoms with Gasteiger partial charge in [-0.2, -0.15) is 5.10 Å². The maximum absolute atomic E-state index is 13.2. The monoisotopic (exact) mass is 728 g/mol. The van der Waals surface area contributed by atoms with E-state index in [4.69, 9.17) is 0 Å². The number of carbonyl (C=O) groups excluding carboxylic acids is 4. The Balaban J connectivity index is 0.815. The number of carbonyl (C=O) groups is 4. The van der Waals surface area contributed by atoms with Gasteiger partial charge in [-0.1, -0.05) is 24.3 Å². The SMILES string of the molecule is C[C@@H]1CNC(=O)c2cc3ccc(C(=O)Nc4cnn(Cc5ccc(N6CCC(N(C)Cc7cccc(NC8CCC(=O)NC8=O)c7)CC6)cc5)c4)nc3n21. The van der Waals surface area contributed by atoms with E-state index < -0.39 is 6.04 Å². The highest BCUT2D eigenvalue weighted by molar-refractivity contribution is 6.05. The molecule has 2 fully saturated rings. The molecule has 0 saturated carbocycles. The van der Waals surface area contributed by atoms with Crippen LogP contribution in [0.4, 0.5) is 17.1 Å². The highest BCUT2D eigenvalue weighted by Gasteiger charge is 2.28. The van der Waals surface area contributed by atoms with Crippen LogP contribution in [0.2, 0.25) is 0 Å². The van der Waals surface area contributed by atoms with Crippen molar-refractivity contribution < 1.29 is 19.2 Å². The standard InChI is InChI=1S/C40H44N10O4/c1-25-20-41-40(54)35-19-28-8-11-34(45-37(28)50(25)35)38(52)44-30-21-42-49(24-30)23-26-6-9-32(10-7-26)48-16-14-31(15-17-48)47(2)22-27-4-3-5-29(18-27)43-33-12-13-36(51)46-39(33)53/h3-11,18-19,21,24-25,31,33,43H,12-17,20,22-23H2,1-2H3,(H,41,54)(H,44,52)(H,46,51,53)/t25-,33?/m1/s1.